The summed E-state index contributed by atoms with van der Waals surface area (Å²) in [6, 6.07) is 13.7. The molecule has 0 radical (unpaired) electrons. The Kier molecular flexibility index (Phi) is 9.91. The molecule has 0 spiro atoms. The van der Waals surface area contributed by atoms with Crippen molar-refractivity contribution >= 4 is 28.5 Å². The molecule has 2 aromatic rings. The van der Waals surface area contributed by atoms with Crippen molar-refractivity contribution in [2.75, 3.05) is 26.2 Å². The molecular weight excluding hydrogens is 434 g/mol. The van der Waals surface area contributed by atoms with Crippen LogP contribution in [-0.2, 0) is 14.4 Å². The van der Waals surface area contributed by atoms with Gasteiger partial charge in [0.1, 0.15) is 12.4 Å². The molecule has 182 valence electrons. The summed E-state index contributed by atoms with van der Waals surface area (Å²) in [4.78, 5) is 37.6. The Labute approximate surface area is 199 Å². The average molecular weight is 468 g/mol. The average Bonchev–Trinajstić information content (AvgIpc) is 3.27. The molecule has 1 aliphatic rings. The van der Waals surface area contributed by atoms with E-state index in [1.165, 1.54) is 0 Å². The van der Waals surface area contributed by atoms with E-state index in [-0.39, 0.29) is 24.8 Å². The van der Waals surface area contributed by atoms with E-state index < -0.39 is 5.91 Å². The third kappa shape index (κ3) is 7.59. The van der Waals surface area contributed by atoms with Gasteiger partial charge in [0.05, 0.1) is 5.57 Å². The van der Waals surface area contributed by atoms with Gasteiger partial charge in [-0.15, -0.1) is 0 Å². The molecule has 0 unspecified atom stereocenters. The number of carbonyl (C=O) groups is 3. The predicted octanol–water partition coefficient (Wildman–Crippen LogP) is 3.34. The SMILES string of the molecule is O=C(CCCCC=C(COc1cccc2ccccc12)C(=O)NCCCN1CCCC1=O)NO. The molecule has 0 aliphatic carbocycles. The van der Waals surface area contributed by atoms with Gasteiger partial charge in [0.2, 0.25) is 17.7 Å². The quantitative estimate of drug-likeness (QED) is 0.181. The van der Waals surface area contributed by atoms with Crippen LogP contribution in [-0.4, -0.2) is 54.1 Å². The van der Waals surface area contributed by atoms with Crippen LogP contribution in [0.25, 0.3) is 10.8 Å². The molecule has 1 heterocycles. The number of allylic oxidation sites excluding steroid dienone is 1. The van der Waals surface area contributed by atoms with Crippen LogP contribution in [0.3, 0.4) is 0 Å². The summed E-state index contributed by atoms with van der Waals surface area (Å²) in [6.45, 7) is 2.05. The molecule has 2 aromatic carbocycles. The van der Waals surface area contributed by atoms with E-state index in [4.69, 9.17) is 9.94 Å². The number of unbranched alkanes of at least 4 members (excludes halogenated alkanes) is 2. The van der Waals surface area contributed by atoms with Crippen LogP contribution in [0.5, 0.6) is 5.75 Å². The summed E-state index contributed by atoms with van der Waals surface area (Å²) in [5, 5.41) is 13.6. The Morgan fingerprint density at radius 3 is 2.71 bits per heavy atom. The van der Waals surface area contributed by atoms with E-state index >= 15 is 0 Å². The minimum Gasteiger partial charge on any atom is -0.488 e. The van der Waals surface area contributed by atoms with Crippen LogP contribution >= 0.6 is 0 Å². The zero-order valence-corrected chi connectivity index (χ0v) is 19.4. The number of hydroxylamine groups is 1. The molecule has 0 saturated carbocycles. The molecule has 1 fully saturated rings. The number of fused-ring (bicyclic) bond motifs is 1. The van der Waals surface area contributed by atoms with Crippen molar-refractivity contribution in [3.05, 3.63) is 54.1 Å². The van der Waals surface area contributed by atoms with E-state index in [1.54, 1.807) is 5.48 Å². The number of nitrogens with zero attached hydrogens (tertiary/aromatic N) is 1. The molecule has 1 aliphatic heterocycles. The van der Waals surface area contributed by atoms with Gasteiger partial charge in [-0.05, 0) is 43.6 Å². The van der Waals surface area contributed by atoms with Gasteiger partial charge in [0.25, 0.3) is 0 Å². The van der Waals surface area contributed by atoms with Crippen molar-refractivity contribution in [1.82, 2.24) is 15.7 Å². The molecule has 34 heavy (non-hydrogen) atoms. The normalized spacial score (nSPS) is 13.9. The summed E-state index contributed by atoms with van der Waals surface area (Å²) in [5.41, 5.74) is 2.15. The predicted molar refractivity (Wildman–Crippen MR) is 129 cm³/mol. The molecule has 0 atom stereocenters. The summed E-state index contributed by atoms with van der Waals surface area (Å²) in [5.74, 6) is 0.285. The summed E-state index contributed by atoms with van der Waals surface area (Å²) < 4.78 is 6.04. The van der Waals surface area contributed by atoms with Gasteiger partial charge < -0.3 is 15.0 Å². The first-order chi connectivity index (χ1) is 16.6. The van der Waals surface area contributed by atoms with Crippen molar-refractivity contribution in [2.45, 2.75) is 44.9 Å². The first-order valence-corrected chi connectivity index (χ1v) is 11.9. The molecule has 8 nitrogen and oxygen atoms in total. The van der Waals surface area contributed by atoms with Gasteiger partial charge >= 0.3 is 0 Å². The second-order valence-electron chi connectivity index (χ2n) is 8.37. The minimum absolute atomic E-state index is 0.127. The van der Waals surface area contributed by atoms with Gasteiger partial charge in [-0.2, -0.15) is 0 Å². The zero-order valence-electron chi connectivity index (χ0n) is 19.4. The van der Waals surface area contributed by atoms with Gasteiger partial charge in [-0.1, -0.05) is 42.5 Å². The fourth-order valence-electron chi connectivity index (χ4n) is 3.98. The van der Waals surface area contributed by atoms with Crippen LogP contribution in [0, 0.1) is 0 Å². The lowest BCUT2D eigenvalue weighted by atomic mass is 10.1. The molecule has 0 aromatic heterocycles. The third-order valence-electron chi connectivity index (χ3n) is 5.86. The highest BCUT2D eigenvalue weighted by molar-refractivity contribution is 5.94. The van der Waals surface area contributed by atoms with E-state index in [0.717, 1.165) is 23.7 Å². The highest BCUT2D eigenvalue weighted by atomic mass is 16.5. The first-order valence-electron chi connectivity index (χ1n) is 11.9. The van der Waals surface area contributed by atoms with Crippen LogP contribution < -0.4 is 15.5 Å². The summed E-state index contributed by atoms with van der Waals surface area (Å²) in [6.07, 6.45) is 6.22. The molecule has 1 saturated heterocycles. The maximum Gasteiger partial charge on any atom is 0.250 e. The van der Waals surface area contributed by atoms with Crippen LogP contribution in [0.4, 0.5) is 0 Å². The van der Waals surface area contributed by atoms with E-state index in [0.29, 0.717) is 56.5 Å². The smallest absolute Gasteiger partial charge is 0.250 e. The second kappa shape index (κ2) is 13.3. The topological polar surface area (TPSA) is 108 Å². The van der Waals surface area contributed by atoms with Crippen LogP contribution in [0.2, 0.25) is 0 Å². The molecule has 3 rings (SSSR count). The number of hydrogen-bond donors (Lipinski definition) is 3. The van der Waals surface area contributed by atoms with Crippen molar-refractivity contribution in [3.8, 4) is 5.75 Å². The highest BCUT2D eigenvalue weighted by Gasteiger charge is 2.19. The fraction of sp³-hybridized carbons (Fsp3) is 0.423. The third-order valence-corrected chi connectivity index (χ3v) is 5.86. The molecule has 3 amide bonds. The Hall–Kier alpha value is -3.39. The largest absolute Gasteiger partial charge is 0.488 e. The van der Waals surface area contributed by atoms with Gasteiger partial charge in [-0.3, -0.25) is 19.6 Å². The minimum atomic E-state index is -0.419. The number of ether oxygens (including phenoxy) is 1. The number of likely N-dealkylation sites (tertiary alicyclic amines) is 1. The molecule has 3 N–H and O–H groups in total. The molecule has 0 bridgehead atoms. The van der Waals surface area contributed by atoms with Crippen molar-refractivity contribution in [2.24, 2.45) is 0 Å². The fourth-order valence-corrected chi connectivity index (χ4v) is 3.98. The van der Waals surface area contributed by atoms with E-state index in [1.807, 2.05) is 53.4 Å². The van der Waals surface area contributed by atoms with Gasteiger partial charge in [0.15, 0.2) is 0 Å². The lowest BCUT2D eigenvalue weighted by Gasteiger charge is -2.16. The van der Waals surface area contributed by atoms with Gasteiger partial charge in [0, 0.05) is 37.9 Å². The first kappa shape index (κ1) is 25.2. The number of amides is 3. The van der Waals surface area contributed by atoms with E-state index in [9.17, 15) is 14.4 Å². The number of benzene rings is 2. The Morgan fingerprint density at radius 2 is 1.91 bits per heavy atom. The van der Waals surface area contributed by atoms with Crippen molar-refractivity contribution < 1.29 is 24.3 Å². The number of rotatable bonds is 13. The summed E-state index contributed by atoms with van der Waals surface area (Å²) >= 11 is 0. The van der Waals surface area contributed by atoms with Crippen molar-refractivity contribution in [3.63, 3.8) is 0 Å². The molecule has 8 heteroatoms. The second-order valence-corrected chi connectivity index (χ2v) is 8.37. The van der Waals surface area contributed by atoms with E-state index in [2.05, 4.69) is 5.32 Å². The summed E-state index contributed by atoms with van der Waals surface area (Å²) in [7, 11) is 0. The van der Waals surface area contributed by atoms with Gasteiger partial charge in [-0.25, -0.2) is 5.48 Å². The Morgan fingerprint density at radius 1 is 1.09 bits per heavy atom. The number of hydrogen-bond acceptors (Lipinski definition) is 5. The lowest BCUT2D eigenvalue weighted by Crippen LogP contribution is -2.32. The standard InChI is InChI=1S/C26H33N3O5/c30-24(28-33)14-3-1-2-10-21(26(32)27-16-8-18-29-17-7-15-25(29)31)19-34-23-13-6-11-20-9-4-5-12-22(20)23/h4-6,9-13,33H,1-3,7-8,14-19H2,(H,27,32)(H,28,30). The van der Waals surface area contributed by atoms with Crippen LogP contribution in [0.1, 0.15) is 44.9 Å². The highest BCUT2D eigenvalue weighted by Crippen LogP contribution is 2.25. The lowest BCUT2D eigenvalue weighted by molar-refractivity contribution is -0.129. The Bertz CT molecular complexity index is 1020. The number of carbonyl (C=O) groups excluding carboxylic acids is 3. The monoisotopic (exact) mass is 467 g/mol. The maximum atomic E-state index is 12.9. The van der Waals surface area contributed by atoms with Crippen LogP contribution in [0.15, 0.2) is 54.1 Å². The molecular formula is C26H33N3O5. The Balaban J connectivity index is 1.56. The maximum absolute atomic E-state index is 12.9. The van der Waals surface area contributed by atoms with Crippen molar-refractivity contribution in [1.29, 1.82) is 0 Å². The number of nitrogens with one attached hydrogen (secondary N) is 2. The zero-order chi connectivity index (χ0) is 24.2.